The Hall–Kier alpha value is -0.920. The lowest BCUT2D eigenvalue weighted by molar-refractivity contribution is 0.869. The second-order valence-corrected chi connectivity index (χ2v) is 1.79. The topological polar surface area (TPSA) is 38.0 Å². The largest absolute Gasteiger partial charge is 0.401 e. The number of rotatable bonds is 3. The van der Waals surface area contributed by atoms with E-state index < -0.39 is 0 Å². The normalized spacial score (nSPS) is 8.12. The van der Waals surface area contributed by atoms with Gasteiger partial charge in [-0.05, 0) is 6.92 Å². The van der Waals surface area contributed by atoms with Gasteiger partial charge < -0.3 is 11.1 Å². The molecule has 0 aliphatic carbocycles. The number of allylic oxidation sites excluding steroid dienone is 1. The first-order valence-electron chi connectivity index (χ1n) is 2.45. The summed E-state index contributed by atoms with van der Waals surface area (Å²) < 4.78 is 0. The van der Waals surface area contributed by atoms with Crippen LogP contribution in [-0.2, 0) is 0 Å². The maximum absolute atomic E-state index is 5.24. The number of hydrogen-bond donors (Lipinski definition) is 2. The van der Waals surface area contributed by atoms with E-state index in [1.165, 1.54) is 0 Å². The molecule has 46 valence electrons. The Morgan fingerprint density at radius 3 is 2.25 bits per heavy atom. The van der Waals surface area contributed by atoms with Gasteiger partial charge in [-0.25, -0.2) is 0 Å². The number of hydrogen-bond acceptors (Lipinski definition) is 2. The summed E-state index contributed by atoms with van der Waals surface area (Å²) in [6, 6.07) is 0. The maximum Gasteiger partial charge on any atom is 0.0536 e. The van der Waals surface area contributed by atoms with Crippen LogP contribution >= 0.6 is 0 Å². The highest BCUT2D eigenvalue weighted by Gasteiger charge is 1.82. The Morgan fingerprint density at radius 2 is 2.12 bits per heavy atom. The highest BCUT2D eigenvalue weighted by molar-refractivity contribution is 4.95. The first-order valence-corrected chi connectivity index (χ1v) is 2.45. The highest BCUT2D eigenvalue weighted by atomic mass is 14.9. The molecule has 3 N–H and O–H groups in total. The van der Waals surface area contributed by atoms with E-state index in [9.17, 15) is 0 Å². The van der Waals surface area contributed by atoms with E-state index in [-0.39, 0.29) is 0 Å². The maximum atomic E-state index is 5.24. The van der Waals surface area contributed by atoms with Gasteiger partial charge in [0.25, 0.3) is 0 Å². The zero-order chi connectivity index (χ0) is 6.57. The van der Waals surface area contributed by atoms with Gasteiger partial charge in [-0.1, -0.05) is 13.2 Å². The molecule has 0 saturated heterocycles. The molecular weight excluding hydrogens is 100 g/mol. The minimum Gasteiger partial charge on any atom is -0.401 e. The molecule has 0 fully saturated rings. The predicted octanol–water partition coefficient (Wildman–Crippen LogP) is 0.582. The van der Waals surface area contributed by atoms with Crippen molar-refractivity contribution in [3.63, 3.8) is 0 Å². The van der Waals surface area contributed by atoms with Crippen molar-refractivity contribution in [2.75, 3.05) is 6.54 Å². The lowest BCUT2D eigenvalue weighted by Crippen LogP contribution is -2.17. The van der Waals surface area contributed by atoms with Gasteiger partial charge in [-0.15, -0.1) is 0 Å². The van der Waals surface area contributed by atoms with E-state index in [4.69, 9.17) is 5.73 Å². The van der Waals surface area contributed by atoms with Crippen molar-refractivity contribution in [3.05, 3.63) is 24.6 Å². The van der Waals surface area contributed by atoms with Crippen molar-refractivity contribution >= 4 is 0 Å². The fourth-order valence-electron chi connectivity index (χ4n) is 0.264. The zero-order valence-corrected chi connectivity index (χ0v) is 5.20. The van der Waals surface area contributed by atoms with Gasteiger partial charge in [-0.3, -0.25) is 0 Å². The first kappa shape index (κ1) is 7.08. The van der Waals surface area contributed by atoms with Crippen LogP contribution in [0.25, 0.3) is 0 Å². The minimum atomic E-state index is 0.620. The fraction of sp³-hybridized carbons (Fsp3) is 0.333. The third kappa shape index (κ3) is 5.08. The van der Waals surface area contributed by atoms with Crippen LogP contribution in [0.5, 0.6) is 0 Å². The predicted molar refractivity (Wildman–Crippen MR) is 36.1 cm³/mol. The van der Waals surface area contributed by atoms with E-state index in [0.717, 1.165) is 5.70 Å². The average Bonchev–Trinajstić information content (AvgIpc) is 1.61. The smallest absolute Gasteiger partial charge is 0.0536 e. The van der Waals surface area contributed by atoms with Gasteiger partial charge in [0.05, 0.1) is 6.54 Å². The molecule has 8 heavy (non-hydrogen) atoms. The summed E-state index contributed by atoms with van der Waals surface area (Å²) in [5.74, 6) is 0. The molecule has 0 rings (SSSR count). The molecule has 0 atom stereocenters. The van der Waals surface area contributed by atoms with Crippen LogP contribution in [0.15, 0.2) is 24.6 Å². The molecular formula is C6H12N2. The summed E-state index contributed by atoms with van der Waals surface area (Å²) >= 11 is 0. The Morgan fingerprint density at radius 1 is 1.62 bits per heavy atom. The molecule has 0 aromatic rings. The average molecular weight is 112 g/mol. The lowest BCUT2D eigenvalue weighted by atomic mass is 10.4. The lowest BCUT2D eigenvalue weighted by Gasteiger charge is -2.01. The second-order valence-electron chi connectivity index (χ2n) is 1.79. The van der Waals surface area contributed by atoms with E-state index >= 15 is 0 Å². The van der Waals surface area contributed by atoms with E-state index in [2.05, 4.69) is 18.5 Å². The molecule has 0 aromatic carbocycles. The highest BCUT2D eigenvalue weighted by Crippen LogP contribution is 1.78. The summed E-state index contributed by atoms with van der Waals surface area (Å²) in [4.78, 5) is 0. The summed E-state index contributed by atoms with van der Waals surface area (Å²) in [7, 11) is 0. The molecule has 0 bridgehead atoms. The summed E-state index contributed by atoms with van der Waals surface area (Å²) in [6.07, 6.45) is 0. The third-order valence-electron chi connectivity index (χ3n) is 0.617. The summed E-state index contributed by atoms with van der Waals surface area (Å²) in [5.41, 5.74) is 6.79. The van der Waals surface area contributed by atoms with Gasteiger partial charge in [0.1, 0.15) is 0 Å². The molecule has 0 aliphatic rings. The summed E-state index contributed by atoms with van der Waals surface area (Å²) in [6.45, 7) is 9.62. The molecule has 2 heteroatoms. The van der Waals surface area contributed by atoms with Crippen molar-refractivity contribution in [2.45, 2.75) is 6.92 Å². The van der Waals surface area contributed by atoms with Gasteiger partial charge >= 0.3 is 0 Å². The van der Waals surface area contributed by atoms with Gasteiger partial charge in [-0.2, -0.15) is 0 Å². The van der Waals surface area contributed by atoms with Crippen molar-refractivity contribution in [1.29, 1.82) is 0 Å². The van der Waals surface area contributed by atoms with Crippen molar-refractivity contribution in [2.24, 2.45) is 5.73 Å². The Labute approximate surface area is 50.1 Å². The molecule has 0 aromatic heterocycles. The second kappa shape index (κ2) is 3.13. The van der Waals surface area contributed by atoms with Gasteiger partial charge in [0.15, 0.2) is 0 Å². The molecule has 0 unspecified atom stereocenters. The van der Waals surface area contributed by atoms with E-state index in [0.29, 0.717) is 12.2 Å². The number of nitrogens with one attached hydrogen (secondary N) is 1. The SMILES string of the molecule is C=C(N)CNC(=C)C. The van der Waals surface area contributed by atoms with Crippen LogP contribution in [0.2, 0.25) is 0 Å². The van der Waals surface area contributed by atoms with Crippen LogP contribution in [0.4, 0.5) is 0 Å². The number of nitrogens with two attached hydrogens (primary N) is 1. The van der Waals surface area contributed by atoms with Crippen LogP contribution in [0.1, 0.15) is 6.92 Å². The molecule has 0 radical (unpaired) electrons. The zero-order valence-electron chi connectivity index (χ0n) is 5.20. The molecule has 0 amide bonds. The van der Waals surface area contributed by atoms with Gasteiger partial charge in [0.2, 0.25) is 0 Å². The Kier molecular flexibility index (Phi) is 2.77. The molecule has 0 spiro atoms. The van der Waals surface area contributed by atoms with Crippen LogP contribution in [0.3, 0.4) is 0 Å². The van der Waals surface area contributed by atoms with Gasteiger partial charge in [0, 0.05) is 11.4 Å². The van der Waals surface area contributed by atoms with Crippen molar-refractivity contribution < 1.29 is 0 Å². The van der Waals surface area contributed by atoms with Crippen LogP contribution in [0, 0.1) is 0 Å². The van der Waals surface area contributed by atoms with Crippen LogP contribution in [-0.4, -0.2) is 6.54 Å². The van der Waals surface area contributed by atoms with Crippen molar-refractivity contribution in [1.82, 2.24) is 5.32 Å². The van der Waals surface area contributed by atoms with E-state index in [1.54, 1.807) is 0 Å². The van der Waals surface area contributed by atoms with E-state index in [1.807, 2.05) is 6.92 Å². The molecule has 0 heterocycles. The minimum absolute atomic E-state index is 0.620. The monoisotopic (exact) mass is 112 g/mol. The quantitative estimate of drug-likeness (QED) is 0.560. The fourth-order valence-corrected chi connectivity index (χ4v) is 0.264. The first-order chi connectivity index (χ1) is 3.63. The third-order valence-corrected chi connectivity index (χ3v) is 0.617. The Bertz CT molecular complexity index is 91.1. The Balaban J connectivity index is 3.18. The van der Waals surface area contributed by atoms with Crippen molar-refractivity contribution in [3.8, 4) is 0 Å². The standard InChI is InChI=1S/C6H12N2/c1-5(2)8-4-6(3)7/h8H,1,3-4,7H2,2H3. The van der Waals surface area contributed by atoms with Crippen LogP contribution < -0.4 is 11.1 Å². The summed E-state index contributed by atoms with van der Waals surface area (Å²) in [5, 5.41) is 2.93. The molecule has 2 nitrogen and oxygen atoms in total. The molecule has 0 aliphatic heterocycles. The molecule has 0 saturated carbocycles.